The Balaban J connectivity index is 1.46. The first kappa shape index (κ1) is 26.9. The zero-order valence-corrected chi connectivity index (χ0v) is 22.6. The molecule has 0 bridgehead atoms. The van der Waals surface area contributed by atoms with Crippen molar-refractivity contribution in [2.75, 3.05) is 23.1 Å². The molecule has 0 saturated heterocycles. The van der Waals surface area contributed by atoms with Crippen LogP contribution in [0.15, 0.2) is 108 Å². The molecule has 3 N–H and O–H groups in total. The molecule has 0 radical (unpaired) electrons. The van der Waals surface area contributed by atoms with E-state index in [0.29, 0.717) is 16.4 Å². The van der Waals surface area contributed by atoms with E-state index in [1.165, 1.54) is 18.7 Å². The second-order valence-electron chi connectivity index (χ2n) is 8.37. The first-order valence-electron chi connectivity index (χ1n) is 11.9. The van der Waals surface area contributed by atoms with E-state index in [9.17, 15) is 9.59 Å². The molecule has 0 aliphatic rings. The third-order valence-corrected chi connectivity index (χ3v) is 7.05. The van der Waals surface area contributed by atoms with Crippen molar-refractivity contribution in [3.05, 3.63) is 114 Å². The fourth-order valence-corrected chi connectivity index (χ4v) is 4.97. The molecular formula is C30H27N3O3S2. The lowest BCUT2D eigenvalue weighted by molar-refractivity contribution is -0.115. The van der Waals surface area contributed by atoms with Crippen molar-refractivity contribution in [2.24, 2.45) is 0 Å². The predicted molar refractivity (Wildman–Crippen MR) is 159 cm³/mol. The molecule has 0 spiro atoms. The Labute approximate surface area is 231 Å². The van der Waals surface area contributed by atoms with Crippen LogP contribution in [0.5, 0.6) is 5.75 Å². The van der Waals surface area contributed by atoms with Gasteiger partial charge in [-0.1, -0.05) is 36.4 Å². The number of rotatable bonds is 9. The first-order chi connectivity index (χ1) is 18.4. The maximum absolute atomic E-state index is 13.4. The monoisotopic (exact) mass is 541 g/mol. The van der Waals surface area contributed by atoms with Gasteiger partial charge < -0.3 is 20.7 Å². The second-order valence-corrected chi connectivity index (χ2v) is 9.95. The highest BCUT2D eigenvalue weighted by molar-refractivity contribution is 8.00. The zero-order chi connectivity index (χ0) is 26.9. The molecule has 38 heavy (non-hydrogen) atoms. The van der Waals surface area contributed by atoms with Crippen LogP contribution in [-0.2, 0) is 4.79 Å². The van der Waals surface area contributed by atoms with E-state index in [-0.39, 0.29) is 11.7 Å². The number of hydrogen-bond donors (Lipinski definition) is 3. The topological polar surface area (TPSA) is 79.5 Å². The summed E-state index contributed by atoms with van der Waals surface area (Å²) in [6.45, 7) is 1.53. The average molecular weight is 542 g/mol. The number of hydrogen-bond acceptors (Lipinski definition) is 5. The number of carbonyl (C=O) groups excluding carboxylic acids is 2. The summed E-state index contributed by atoms with van der Waals surface area (Å²) in [5, 5.41) is 9.27. The molecule has 0 saturated carbocycles. The number of ether oxygens (including phenoxy) is 1. The third-order valence-electron chi connectivity index (χ3n) is 5.59. The summed E-state index contributed by atoms with van der Waals surface area (Å²) in [6.07, 6.45) is 0. The fraction of sp³-hybridized carbons (Fsp3) is 0.100. The number of methoxy groups -OCH3 is 1. The van der Waals surface area contributed by atoms with Gasteiger partial charge in [-0.15, -0.1) is 11.8 Å². The van der Waals surface area contributed by atoms with E-state index in [1.807, 2.05) is 91.0 Å². The number of benzene rings is 4. The van der Waals surface area contributed by atoms with E-state index in [4.69, 9.17) is 17.0 Å². The Morgan fingerprint density at radius 2 is 1.39 bits per heavy atom. The number of thiocarbonyl (C=S) groups is 1. The molecule has 0 heterocycles. The summed E-state index contributed by atoms with van der Waals surface area (Å²) in [7, 11) is 1.61. The summed E-state index contributed by atoms with van der Waals surface area (Å²) >= 11 is 6.93. The van der Waals surface area contributed by atoms with Crippen LogP contribution in [0.25, 0.3) is 0 Å². The number of anilines is 3. The maximum atomic E-state index is 13.4. The number of amides is 1. The molecule has 1 unspecified atom stereocenters. The molecule has 4 rings (SSSR count). The molecule has 0 aliphatic heterocycles. The second kappa shape index (κ2) is 12.9. The molecular weight excluding hydrogens is 514 g/mol. The van der Waals surface area contributed by atoms with E-state index in [2.05, 4.69) is 16.0 Å². The largest absolute Gasteiger partial charge is 0.497 e. The van der Waals surface area contributed by atoms with Gasteiger partial charge in [0.25, 0.3) is 0 Å². The lowest BCUT2D eigenvalue weighted by atomic mass is 10.1. The van der Waals surface area contributed by atoms with Crippen LogP contribution in [0.1, 0.15) is 28.1 Å². The molecule has 1 atom stereocenters. The van der Waals surface area contributed by atoms with Crippen LogP contribution in [0.4, 0.5) is 17.1 Å². The normalized spacial score (nSPS) is 11.2. The van der Waals surface area contributed by atoms with Gasteiger partial charge in [-0.05, 0) is 91.4 Å². The molecule has 4 aromatic carbocycles. The fourth-order valence-electron chi connectivity index (χ4n) is 3.65. The summed E-state index contributed by atoms with van der Waals surface area (Å²) in [5.74, 6) is 0.607. The first-order valence-corrected chi connectivity index (χ1v) is 13.2. The summed E-state index contributed by atoms with van der Waals surface area (Å²) in [5.41, 5.74) is 3.80. The lowest BCUT2D eigenvalue weighted by Crippen LogP contribution is -2.19. The van der Waals surface area contributed by atoms with Gasteiger partial charge in [0.1, 0.15) is 11.0 Å². The number of carbonyl (C=O) groups is 2. The van der Waals surface area contributed by atoms with Crippen LogP contribution >= 0.6 is 24.0 Å². The molecule has 0 fully saturated rings. The SMILES string of the molecule is COc1ccc(NC(=O)C(Sc2cccc(NC(=S)Nc3ccc(C(C)=O)cc3)c2)c2ccccc2)cc1. The molecule has 0 aliphatic carbocycles. The highest BCUT2D eigenvalue weighted by atomic mass is 32.2. The van der Waals surface area contributed by atoms with Crippen molar-refractivity contribution in [1.82, 2.24) is 0 Å². The van der Waals surface area contributed by atoms with Crippen LogP contribution in [0, 0.1) is 0 Å². The van der Waals surface area contributed by atoms with Crippen molar-refractivity contribution in [3.63, 3.8) is 0 Å². The van der Waals surface area contributed by atoms with E-state index in [0.717, 1.165) is 27.6 Å². The Kier molecular flexibility index (Phi) is 9.13. The minimum Gasteiger partial charge on any atom is -0.497 e. The third kappa shape index (κ3) is 7.44. The standard InChI is InChI=1S/C30H27N3O3S2/c1-20(34)21-11-13-24(14-12-21)32-30(37)33-25-9-6-10-27(19-25)38-28(22-7-4-3-5-8-22)29(35)31-23-15-17-26(36-2)18-16-23/h3-19,28H,1-2H3,(H,31,35)(H2,32,33,37). The number of nitrogens with one attached hydrogen (secondary N) is 3. The van der Waals surface area contributed by atoms with Gasteiger partial charge in [0.15, 0.2) is 10.9 Å². The Morgan fingerprint density at radius 1 is 0.763 bits per heavy atom. The molecule has 0 aromatic heterocycles. The van der Waals surface area contributed by atoms with E-state index in [1.54, 1.807) is 19.2 Å². The molecule has 4 aromatic rings. The molecule has 6 nitrogen and oxygen atoms in total. The Morgan fingerprint density at radius 3 is 2.05 bits per heavy atom. The predicted octanol–water partition coefficient (Wildman–Crippen LogP) is 7.18. The van der Waals surface area contributed by atoms with Gasteiger partial charge in [-0.2, -0.15) is 0 Å². The summed E-state index contributed by atoms with van der Waals surface area (Å²) in [6, 6.07) is 31.8. The van der Waals surface area contributed by atoms with E-state index >= 15 is 0 Å². The highest BCUT2D eigenvalue weighted by Crippen LogP contribution is 2.37. The van der Waals surface area contributed by atoms with Crippen LogP contribution in [-0.4, -0.2) is 23.9 Å². The van der Waals surface area contributed by atoms with Gasteiger partial charge in [0.2, 0.25) is 5.91 Å². The maximum Gasteiger partial charge on any atom is 0.242 e. The van der Waals surface area contributed by atoms with Crippen molar-refractivity contribution in [2.45, 2.75) is 17.1 Å². The van der Waals surface area contributed by atoms with Gasteiger partial charge in [0, 0.05) is 27.5 Å². The van der Waals surface area contributed by atoms with Crippen LogP contribution < -0.4 is 20.7 Å². The van der Waals surface area contributed by atoms with Gasteiger partial charge >= 0.3 is 0 Å². The summed E-state index contributed by atoms with van der Waals surface area (Å²) in [4.78, 5) is 25.8. The Hall–Kier alpha value is -4.14. The molecule has 1 amide bonds. The number of thioether (sulfide) groups is 1. The minimum absolute atomic E-state index is 0.0121. The van der Waals surface area contributed by atoms with E-state index < -0.39 is 5.25 Å². The van der Waals surface area contributed by atoms with Crippen molar-refractivity contribution in [3.8, 4) is 5.75 Å². The van der Waals surface area contributed by atoms with Crippen molar-refractivity contribution >= 4 is 57.8 Å². The van der Waals surface area contributed by atoms with Crippen molar-refractivity contribution in [1.29, 1.82) is 0 Å². The highest BCUT2D eigenvalue weighted by Gasteiger charge is 2.22. The Bertz CT molecular complexity index is 1410. The number of ketones is 1. The van der Waals surface area contributed by atoms with Crippen LogP contribution in [0.3, 0.4) is 0 Å². The smallest absolute Gasteiger partial charge is 0.242 e. The lowest BCUT2D eigenvalue weighted by Gasteiger charge is -2.18. The van der Waals surface area contributed by atoms with Crippen LogP contribution in [0.2, 0.25) is 0 Å². The average Bonchev–Trinajstić information content (AvgIpc) is 2.93. The quantitative estimate of drug-likeness (QED) is 0.118. The molecule has 8 heteroatoms. The number of Topliss-reactive ketones (excluding diaryl/α,β-unsaturated/α-hetero) is 1. The zero-order valence-electron chi connectivity index (χ0n) is 20.9. The minimum atomic E-state index is -0.474. The summed E-state index contributed by atoms with van der Waals surface area (Å²) < 4.78 is 5.21. The van der Waals surface area contributed by atoms with Crippen molar-refractivity contribution < 1.29 is 14.3 Å². The molecule has 192 valence electrons. The van der Waals surface area contributed by atoms with Gasteiger partial charge in [0.05, 0.1) is 7.11 Å². The van der Waals surface area contributed by atoms with Gasteiger partial charge in [-0.3, -0.25) is 9.59 Å². The van der Waals surface area contributed by atoms with Gasteiger partial charge in [-0.25, -0.2) is 0 Å².